The number of carbonyl (C=O) groups excluding carboxylic acids is 1. The highest BCUT2D eigenvalue weighted by Crippen LogP contribution is 2.35. The molecule has 0 radical (unpaired) electrons. The van der Waals surface area contributed by atoms with Gasteiger partial charge in [0, 0.05) is 0 Å². The third kappa shape index (κ3) is 4.35. The topological polar surface area (TPSA) is 50.4 Å². The molecule has 0 bridgehead atoms. The number of hydrogen-bond acceptors (Lipinski definition) is 3. The fourth-order valence-corrected chi connectivity index (χ4v) is 2.19. The standard InChI is InChI=1S/C14H17F3N2O2/c15-14(16,17)10-4-1-2-6-12(10)21-9-8-19-13(20)11-5-3-7-18-11/h1-2,4,6,11,18H,3,5,7-9H2,(H,19,20). The second kappa shape index (κ2) is 6.80. The van der Waals surface area contributed by atoms with E-state index in [1.54, 1.807) is 0 Å². The lowest BCUT2D eigenvalue weighted by Gasteiger charge is -2.15. The van der Waals surface area contributed by atoms with E-state index in [0.717, 1.165) is 25.5 Å². The van der Waals surface area contributed by atoms with Crippen LogP contribution in [0.4, 0.5) is 13.2 Å². The summed E-state index contributed by atoms with van der Waals surface area (Å²) < 4.78 is 43.3. The first-order valence-electron chi connectivity index (χ1n) is 6.78. The van der Waals surface area contributed by atoms with Gasteiger partial charge in [0.15, 0.2) is 0 Å². The summed E-state index contributed by atoms with van der Waals surface area (Å²) in [5.41, 5.74) is -0.811. The quantitative estimate of drug-likeness (QED) is 0.818. The molecule has 2 rings (SSSR count). The predicted octanol–water partition coefficient (Wildman–Crippen LogP) is 1.95. The molecular weight excluding hydrogens is 285 g/mol. The van der Waals surface area contributed by atoms with E-state index >= 15 is 0 Å². The maximum atomic E-state index is 12.7. The van der Waals surface area contributed by atoms with Gasteiger partial charge in [-0.3, -0.25) is 4.79 Å². The van der Waals surface area contributed by atoms with Crippen molar-refractivity contribution in [3.05, 3.63) is 29.8 Å². The second-order valence-corrected chi connectivity index (χ2v) is 4.78. The van der Waals surface area contributed by atoms with Crippen LogP contribution in [0.5, 0.6) is 5.75 Å². The monoisotopic (exact) mass is 302 g/mol. The van der Waals surface area contributed by atoms with Crippen molar-refractivity contribution in [3.8, 4) is 5.75 Å². The Morgan fingerprint density at radius 1 is 1.38 bits per heavy atom. The number of hydrogen-bond donors (Lipinski definition) is 2. The van der Waals surface area contributed by atoms with Crippen LogP contribution in [0.1, 0.15) is 18.4 Å². The molecule has 1 aliphatic heterocycles. The summed E-state index contributed by atoms with van der Waals surface area (Å²) in [6, 6.07) is 4.82. The van der Waals surface area contributed by atoms with Crippen molar-refractivity contribution in [2.75, 3.05) is 19.7 Å². The van der Waals surface area contributed by atoms with E-state index < -0.39 is 11.7 Å². The number of alkyl halides is 3. The van der Waals surface area contributed by atoms with Gasteiger partial charge in [0.1, 0.15) is 12.4 Å². The molecule has 1 aromatic carbocycles. The highest BCUT2D eigenvalue weighted by Gasteiger charge is 2.33. The Hall–Kier alpha value is -1.76. The number of nitrogens with one attached hydrogen (secondary N) is 2. The van der Waals surface area contributed by atoms with Gasteiger partial charge in [-0.05, 0) is 31.5 Å². The van der Waals surface area contributed by atoms with E-state index in [4.69, 9.17) is 4.74 Å². The van der Waals surface area contributed by atoms with Gasteiger partial charge in [0.2, 0.25) is 5.91 Å². The molecule has 21 heavy (non-hydrogen) atoms. The minimum atomic E-state index is -4.45. The van der Waals surface area contributed by atoms with Crippen LogP contribution in [0.15, 0.2) is 24.3 Å². The number of benzene rings is 1. The Balaban J connectivity index is 1.80. The van der Waals surface area contributed by atoms with Crippen LogP contribution < -0.4 is 15.4 Å². The van der Waals surface area contributed by atoms with Crippen LogP contribution in [0.3, 0.4) is 0 Å². The highest BCUT2D eigenvalue weighted by molar-refractivity contribution is 5.81. The lowest BCUT2D eigenvalue weighted by atomic mass is 10.2. The summed E-state index contributed by atoms with van der Waals surface area (Å²) >= 11 is 0. The zero-order valence-electron chi connectivity index (χ0n) is 11.4. The van der Waals surface area contributed by atoms with Crippen LogP contribution in [-0.2, 0) is 11.0 Å². The molecular formula is C14H17F3N2O2. The summed E-state index contributed by atoms with van der Waals surface area (Å²) in [5.74, 6) is -0.363. The third-order valence-electron chi connectivity index (χ3n) is 3.23. The zero-order chi connectivity index (χ0) is 15.3. The molecule has 7 heteroatoms. The minimum absolute atomic E-state index is 0.00838. The fourth-order valence-electron chi connectivity index (χ4n) is 2.19. The fraction of sp³-hybridized carbons (Fsp3) is 0.500. The minimum Gasteiger partial charge on any atom is -0.491 e. The van der Waals surface area contributed by atoms with Crippen molar-refractivity contribution in [1.82, 2.24) is 10.6 Å². The number of ether oxygens (including phenoxy) is 1. The maximum Gasteiger partial charge on any atom is 0.419 e. The molecule has 2 N–H and O–H groups in total. The third-order valence-corrected chi connectivity index (χ3v) is 3.23. The largest absolute Gasteiger partial charge is 0.491 e. The van der Waals surface area contributed by atoms with E-state index in [0.29, 0.717) is 0 Å². The normalized spacial score (nSPS) is 18.5. The number of rotatable bonds is 5. The van der Waals surface area contributed by atoms with Crippen LogP contribution >= 0.6 is 0 Å². The molecule has 0 spiro atoms. The van der Waals surface area contributed by atoms with Gasteiger partial charge in [-0.1, -0.05) is 12.1 Å². The summed E-state index contributed by atoms with van der Waals surface area (Å²) in [6.07, 6.45) is -2.72. The smallest absolute Gasteiger partial charge is 0.419 e. The first-order valence-corrected chi connectivity index (χ1v) is 6.78. The predicted molar refractivity (Wildman–Crippen MR) is 71.0 cm³/mol. The first kappa shape index (κ1) is 15.6. The Bertz CT molecular complexity index is 485. The molecule has 4 nitrogen and oxygen atoms in total. The molecule has 1 heterocycles. The SMILES string of the molecule is O=C(NCCOc1ccccc1C(F)(F)F)C1CCCN1. The first-order chi connectivity index (χ1) is 9.98. The molecule has 1 amide bonds. The van der Waals surface area contributed by atoms with Crippen molar-refractivity contribution < 1.29 is 22.7 Å². The average molecular weight is 302 g/mol. The van der Waals surface area contributed by atoms with Crippen molar-refractivity contribution in [2.45, 2.75) is 25.1 Å². The Kier molecular flexibility index (Phi) is 5.06. The molecule has 1 aromatic rings. The Labute approximate surface area is 120 Å². The van der Waals surface area contributed by atoms with E-state index in [9.17, 15) is 18.0 Å². The van der Waals surface area contributed by atoms with E-state index in [-0.39, 0.29) is 30.9 Å². The molecule has 0 saturated carbocycles. The molecule has 1 unspecified atom stereocenters. The molecule has 1 aliphatic rings. The Morgan fingerprint density at radius 2 is 2.14 bits per heavy atom. The van der Waals surface area contributed by atoms with Gasteiger partial charge in [0.05, 0.1) is 18.2 Å². The lowest BCUT2D eigenvalue weighted by Crippen LogP contribution is -2.41. The number of halogens is 3. The van der Waals surface area contributed by atoms with Crippen molar-refractivity contribution in [3.63, 3.8) is 0 Å². The van der Waals surface area contributed by atoms with Gasteiger partial charge in [-0.25, -0.2) is 0 Å². The summed E-state index contributed by atoms with van der Waals surface area (Å²) in [7, 11) is 0. The lowest BCUT2D eigenvalue weighted by molar-refractivity contribution is -0.139. The van der Waals surface area contributed by atoms with Crippen LogP contribution in [-0.4, -0.2) is 31.6 Å². The zero-order valence-corrected chi connectivity index (χ0v) is 11.4. The van der Waals surface area contributed by atoms with Gasteiger partial charge in [0.25, 0.3) is 0 Å². The second-order valence-electron chi connectivity index (χ2n) is 4.78. The van der Waals surface area contributed by atoms with Crippen molar-refractivity contribution in [1.29, 1.82) is 0 Å². The van der Waals surface area contributed by atoms with Gasteiger partial charge in [-0.2, -0.15) is 13.2 Å². The number of para-hydroxylation sites is 1. The Morgan fingerprint density at radius 3 is 2.81 bits per heavy atom. The van der Waals surface area contributed by atoms with Crippen LogP contribution in [0.2, 0.25) is 0 Å². The molecule has 0 aromatic heterocycles. The molecule has 1 fully saturated rings. The molecule has 0 aliphatic carbocycles. The summed E-state index contributed by atoms with van der Waals surface area (Å²) in [6.45, 7) is 0.975. The summed E-state index contributed by atoms with van der Waals surface area (Å²) in [4.78, 5) is 11.7. The number of carbonyl (C=O) groups is 1. The number of amides is 1. The van der Waals surface area contributed by atoms with Crippen molar-refractivity contribution in [2.24, 2.45) is 0 Å². The van der Waals surface area contributed by atoms with E-state index in [2.05, 4.69) is 10.6 Å². The summed E-state index contributed by atoms with van der Waals surface area (Å²) in [5, 5.41) is 5.69. The van der Waals surface area contributed by atoms with Crippen LogP contribution in [0, 0.1) is 0 Å². The molecule has 1 atom stereocenters. The van der Waals surface area contributed by atoms with Gasteiger partial charge in [-0.15, -0.1) is 0 Å². The average Bonchev–Trinajstić information content (AvgIpc) is 2.97. The van der Waals surface area contributed by atoms with Gasteiger partial charge >= 0.3 is 6.18 Å². The molecule has 116 valence electrons. The van der Waals surface area contributed by atoms with Crippen LogP contribution in [0.25, 0.3) is 0 Å². The van der Waals surface area contributed by atoms with Crippen molar-refractivity contribution >= 4 is 5.91 Å². The van der Waals surface area contributed by atoms with E-state index in [1.165, 1.54) is 18.2 Å². The molecule has 1 saturated heterocycles. The van der Waals surface area contributed by atoms with Gasteiger partial charge < -0.3 is 15.4 Å². The maximum absolute atomic E-state index is 12.7. The highest BCUT2D eigenvalue weighted by atomic mass is 19.4. The van der Waals surface area contributed by atoms with E-state index in [1.807, 2.05) is 0 Å².